The van der Waals surface area contributed by atoms with Crippen molar-refractivity contribution in [2.24, 2.45) is 0 Å². The predicted molar refractivity (Wildman–Crippen MR) is 194 cm³/mol. The molecule has 0 radical (unpaired) electrons. The van der Waals surface area contributed by atoms with Gasteiger partial charge in [-0.15, -0.1) is 0 Å². The highest BCUT2D eigenvalue weighted by atomic mass is 16.3. The summed E-state index contributed by atoms with van der Waals surface area (Å²) in [6, 6.07) is 57.6. The molecule has 0 N–H and O–H groups in total. The van der Waals surface area contributed by atoms with E-state index in [9.17, 15) is 0 Å². The molecule has 0 atom stereocenters. The third kappa shape index (κ3) is 3.93. The minimum Gasteiger partial charge on any atom is -0.456 e. The zero-order valence-corrected chi connectivity index (χ0v) is 25.4. The summed E-state index contributed by atoms with van der Waals surface area (Å²) < 4.78 is 15.5. The molecule has 0 spiro atoms. The van der Waals surface area contributed by atoms with Crippen molar-refractivity contribution in [3.8, 4) is 39.1 Å². The van der Waals surface area contributed by atoms with Gasteiger partial charge < -0.3 is 13.4 Å². The number of para-hydroxylation sites is 2. The van der Waals surface area contributed by atoms with Crippen LogP contribution in [0.25, 0.3) is 94.0 Å². The van der Waals surface area contributed by atoms with Crippen LogP contribution in [0.4, 0.5) is 0 Å². The molecule has 0 unspecified atom stereocenters. The summed E-state index contributed by atoms with van der Waals surface area (Å²) >= 11 is 0. The highest BCUT2D eigenvalue weighted by molar-refractivity contribution is 6.21. The van der Waals surface area contributed by atoms with Crippen LogP contribution < -0.4 is 0 Å². The first-order valence-corrected chi connectivity index (χ1v) is 15.9. The topological polar surface area (TPSA) is 31.2 Å². The lowest BCUT2D eigenvalue weighted by Gasteiger charge is -2.13. The Labute approximate surface area is 270 Å². The number of aromatic nitrogens is 1. The van der Waals surface area contributed by atoms with Gasteiger partial charge in [0.05, 0.1) is 10.9 Å². The molecule has 0 aliphatic heterocycles. The zero-order valence-electron chi connectivity index (χ0n) is 25.4. The maximum Gasteiger partial charge on any atom is 0.161 e. The molecule has 0 fully saturated rings. The lowest BCUT2D eigenvalue weighted by atomic mass is 9.92. The lowest BCUT2D eigenvalue weighted by Crippen LogP contribution is -1.94. The minimum absolute atomic E-state index is 0.875. The highest BCUT2D eigenvalue weighted by Gasteiger charge is 2.23. The van der Waals surface area contributed by atoms with Crippen LogP contribution in [-0.2, 0) is 0 Å². The molecule has 0 aliphatic rings. The molecule has 0 saturated heterocycles. The van der Waals surface area contributed by atoms with Crippen LogP contribution in [0.2, 0.25) is 0 Å². The first-order chi connectivity index (χ1) is 23.3. The molecular weight excluding hydrogens is 574 g/mol. The SMILES string of the molecule is c1ccc(-c2ccc3c(c2)oc2cc(-c4ccccc4-c4cccc5oc6c7ccccc7n(-c7ccccc7)c6c45)ccc23)cc1. The van der Waals surface area contributed by atoms with Crippen molar-refractivity contribution >= 4 is 54.9 Å². The number of rotatable bonds is 4. The van der Waals surface area contributed by atoms with Crippen molar-refractivity contribution in [3.63, 3.8) is 0 Å². The molecule has 10 rings (SSSR count). The van der Waals surface area contributed by atoms with Crippen LogP contribution in [0.15, 0.2) is 173 Å². The van der Waals surface area contributed by atoms with E-state index in [1.165, 1.54) is 5.56 Å². The molecule has 3 heteroatoms. The van der Waals surface area contributed by atoms with Crippen LogP contribution >= 0.6 is 0 Å². The minimum atomic E-state index is 0.875. The van der Waals surface area contributed by atoms with E-state index in [4.69, 9.17) is 8.83 Å². The maximum atomic E-state index is 6.67. The zero-order chi connectivity index (χ0) is 30.9. The largest absolute Gasteiger partial charge is 0.456 e. The smallest absolute Gasteiger partial charge is 0.161 e. The average molecular weight is 602 g/mol. The van der Waals surface area contributed by atoms with E-state index in [0.29, 0.717) is 0 Å². The Balaban J connectivity index is 1.19. The molecule has 3 heterocycles. The Bertz CT molecular complexity index is 2780. The van der Waals surface area contributed by atoms with Gasteiger partial charge in [0.2, 0.25) is 0 Å². The average Bonchev–Trinajstić information content (AvgIpc) is 3.80. The van der Waals surface area contributed by atoms with Gasteiger partial charge in [0.1, 0.15) is 22.3 Å². The summed E-state index contributed by atoms with van der Waals surface area (Å²) in [5, 5.41) is 4.45. The third-order valence-electron chi connectivity index (χ3n) is 9.43. The second-order valence-corrected chi connectivity index (χ2v) is 12.1. The maximum absolute atomic E-state index is 6.67. The normalized spacial score (nSPS) is 11.8. The molecule has 3 nitrogen and oxygen atoms in total. The molecule has 220 valence electrons. The first-order valence-electron chi connectivity index (χ1n) is 15.9. The first kappa shape index (κ1) is 26.0. The van der Waals surface area contributed by atoms with E-state index in [0.717, 1.165) is 88.4 Å². The molecule has 3 aromatic heterocycles. The number of hydrogen-bond donors (Lipinski definition) is 0. The van der Waals surface area contributed by atoms with Crippen molar-refractivity contribution in [1.29, 1.82) is 0 Å². The molecule has 47 heavy (non-hydrogen) atoms. The van der Waals surface area contributed by atoms with Crippen LogP contribution in [0, 0.1) is 0 Å². The molecule has 7 aromatic carbocycles. The van der Waals surface area contributed by atoms with Crippen LogP contribution in [0.1, 0.15) is 0 Å². The third-order valence-corrected chi connectivity index (χ3v) is 9.43. The Morgan fingerprint density at radius 3 is 1.83 bits per heavy atom. The standard InChI is InChI=1S/C44H27NO2/c1-3-12-28(13-4-1)29-22-24-34-35-25-23-30(27-41(35)46-40(34)26-29)32-16-7-8-17-33(32)36-19-11-21-39-42(36)43-44(47-39)37-18-9-10-20-38(37)45(43)31-14-5-2-6-15-31/h1-27H. The number of fused-ring (bicyclic) bond motifs is 8. The number of hydrogen-bond acceptors (Lipinski definition) is 2. The van der Waals surface area contributed by atoms with Gasteiger partial charge in [0, 0.05) is 21.8 Å². The van der Waals surface area contributed by atoms with E-state index >= 15 is 0 Å². The van der Waals surface area contributed by atoms with Crippen LogP contribution in [0.5, 0.6) is 0 Å². The van der Waals surface area contributed by atoms with Gasteiger partial charge in [-0.25, -0.2) is 0 Å². The Morgan fingerprint density at radius 1 is 0.383 bits per heavy atom. The molecular formula is C44H27NO2. The summed E-state index contributed by atoms with van der Waals surface area (Å²) in [6.45, 7) is 0. The molecule has 0 saturated carbocycles. The van der Waals surface area contributed by atoms with Crippen molar-refractivity contribution < 1.29 is 8.83 Å². The fourth-order valence-electron chi connectivity index (χ4n) is 7.30. The fourth-order valence-corrected chi connectivity index (χ4v) is 7.30. The molecule has 0 aliphatic carbocycles. The number of nitrogens with zero attached hydrogens (tertiary/aromatic N) is 1. The van der Waals surface area contributed by atoms with E-state index in [-0.39, 0.29) is 0 Å². The molecule has 0 amide bonds. The molecule has 10 aromatic rings. The van der Waals surface area contributed by atoms with Gasteiger partial charge in [-0.05, 0) is 88.0 Å². The molecule has 0 bridgehead atoms. The Hall–Kier alpha value is -6.32. The second kappa shape index (κ2) is 10.1. The van der Waals surface area contributed by atoms with Crippen molar-refractivity contribution in [2.75, 3.05) is 0 Å². The Morgan fingerprint density at radius 2 is 1.02 bits per heavy atom. The van der Waals surface area contributed by atoms with Crippen molar-refractivity contribution in [2.45, 2.75) is 0 Å². The monoisotopic (exact) mass is 601 g/mol. The number of benzene rings is 7. The highest BCUT2D eigenvalue weighted by Crippen LogP contribution is 2.45. The lowest BCUT2D eigenvalue weighted by molar-refractivity contribution is 0.669. The van der Waals surface area contributed by atoms with Gasteiger partial charge in [0.15, 0.2) is 5.58 Å². The summed E-state index contributed by atoms with van der Waals surface area (Å²) in [5.41, 5.74) is 13.7. The summed E-state index contributed by atoms with van der Waals surface area (Å²) in [5.74, 6) is 0. The fraction of sp³-hybridized carbons (Fsp3) is 0. The Kier molecular flexibility index (Phi) is 5.57. The van der Waals surface area contributed by atoms with Crippen LogP contribution in [0.3, 0.4) is 0 Å². The van der Waals surface area contributed by atoms with Gasteiger partial charge in [-0.3, -0.25) is 0 Å². The predicted octanol–water partition coefficient (Wildman–Crippen LogP) is 12.4. The summed E-state index contributed by atoms with van der Waals surface area (Å²) in [7, 11) is 0. The van der Waals surface area contributed by atoms with E-state index in [2.05, 4.69) is 162 Å². The summed E-state index contributed by atoms with van der Waals surface area (Å²) in [6.07, 6.45) is 0. The van der Waals surface area contributed by atoms with Crippen LogP contribution in [-0.4, -0.2) is 4.57 Å². The van der Waals surface area contributed by atoms with Crippen molar-refractivity contribution in [1.82, 2.24) is 4.57 Å². The van der Waals surface area contributed by atoms with E-state index in [1.807, 2.05) is 6.07 Å². The van der Waals surface area contributed by atoms with E-state index < -0.39 is 0 Å². The summed E-state index contributed by atoms with van der Waals surface area (Å²) in [4.78, 5) is 0. The number of furan rings is 2. The van der Waals surface area contributed by atoms with Gasteiger partial charge in [-0.2, -0.15) is 0 Å². The van der Waals surface area contributed by atoms with Gasteiger partial charge in [-0.1, -0.05) is 109 Å². The van der Waals surface area contributed by atoms with E-state index in [1.54, 1.807) is 0 Å². The van der Waals surface area contributed by atoms with Gasteiger partial charge >= 0.3 is 0 Å². The van der Waals surface area contributed by atoms with Crippen molar-refractivity contribution in [3.05, 3.63) is 164 Å². The quantitative estimate of drug-likeness (QED) is 0.201. The van der Waals surface area contributed by atoms with Gasteiger partial charge in [0.25, 0.3) is 0 Å². The second-order valence-electron chi connectivity index (χ2n) is 12.1.